The molecule has 0 saturated heterocycles. The zero-order chi connectivity index (χ0) is 18.7. The first kappa shape index (κ1) is 17.6. The van der Waals surface area contributed by atoms with Gasteiger partial charge in [0.05, 0.1) is 11.0 Å². The molecule has 7 heteroatoms. The standard InChI is InChI=1S/C19H20N4O3/c1-12(2)23-16-6-4-3-5-14(16)22-17(23)8-10-21-18(24)13-7-9-20-15(11-13)19(25)26/h3-7,9,11-12H,8,10H2,1-2H3,(H,21,24)(H,25,26). The summed E-state index contributed by atoms with van der Waals surface area (Å²) in [7, 11) is 0. The highest BCUT2D eigenvalue weighted by molar-refractivity contribution is 5.96. The normalized spacial score (nSPS) is 11.0. The second-order valence-corrected chi connectivity index (χ2v) is 6.22. The number of benzene rings is 1. The van der Waals surface area contributed by atoms with Crippen molar-refractivity contribution in [2.45, 2.75) is 26.3 Å². The molecule has 0 aliphatic carbocycles. The first-order valence-corrected chi connectivity index (χ1v) is 8.40. The molecule has 0 radical (unpaired) electrons. The number of carbonyl (C=O) groups excluding carboxylic acids is 1. The van der Waals surface area contributed by atoms with Crippen molar-refractivity contribution >= 4 is 22.9 Å². The molecule has 2 aromatic heterocycles. The number of amides is 1. The number of para-hydroxylation sites is 2. The number of fused-ring (bicyclic) bond motifs is 1. The van der Waals surface area contributed by atoms with Gasteiger partial charge < -0.3 is 15.0 Å². The Morgan fingerprint density at radius 2 is 2.00 bits per heavy atom. The van der Waals surface area contributed by atoms with E-state index in [-0.39, 0.29) is 23.2 Å². The molecule has 0 aliphatic rings. The van der Waals surface area contributed by atoms with Crippen LogP contribution >= 0.6 is 0 Å². The zero-order valence-corrected chi connectivity index (χ0v) is 14.6. The van der Waals surface area contributed by atoms with Crippen molar-refractivity contribution in [1.29, 1.82) is 0 Å². The average Bonchev–Trinajstić information content (AvgIpc) is 3.00. The molecule has 0 unspecified atom stereocenters. The summed E-state index contributed by atoms with van der Waals surface area (Å²) in [5.74, 6) is -0.588. The fraction of sp³-hybridized carbons (Fsp3) is 0.263. The predicted molar refractivity (Wildman–Crippen MR) is 97.4 cm³/mol. The van der Waals surface area contributed by atoms with E-state index in [1.165, 1.54) is 18.3 Å². The van der Waals surface area contributed by atoms with Gasteiger partial charge >= 0.3 is 5.97 Å². The van der Waals surface area contributed by atoms with Crippen LogP contribution in [0.1, 0.15) is 46.6 Å². The van der Waals surface area contributed by atoms with E-state index >= 15 is 0 Å². The van der Waals surface area contributed by atoms with Gasteiger partial charge in [-0.05, 0) is 38.1 Å². The fourth-order valence-corrected chi connectivity index (χ4v) is 2.93. The van der Waals surface area contributed by atoms with Crippen LogP contribution in [0.2, 0.25) is 0 Å². The van der Waals surface area contributed by atoms with Crippen molar-refractivity contribution in [1.82, 2.24) is 19.9 Å². The molecule has 26 heavy (non-hydrogen) atoms. The topological polar surface area (TPSA) is 97.1 Å². The van der Waals surface area contributed by atoms with Crippen molar-refractivity contribution in [2.24, 2.45) is 0 Å². The lowest BCUT2D eigenvalue weighted by Crippen LogP contribution is -2.27. The summed E-state index contributed by atoms with van der Waals surface area (Å²) in [6.07, 6.45) is 1.89. The van der Waals surface area contributed by atoms with Crippen molar-refractivity contribution in [3.63, 3.8) is 0 Å². The average molecular weight is 352 g/mol. The van der Waals surface area contributed by atoms with Crippen LogP contribution in [-0.4, -0.2) is 38.1 Å². The first-order valence-electron chi connectivity index (χ1n) is 8.40. The molecular weight excluding hydrogens is 332 g/mol. The molecule has 0 atom stereocenters. The summed E-state index contributed by atoms with van der Waals surface area (Å²) >= 11 is 0. The van der Waals surface area contributed by atoms with Gasteiger partial charge in [-0.2, -0.15) is 0 Å². The molecule has 3 aromatic rings. The third kappa shape index (κ3) is 3.56. The number of hydrogen-bond donors (Lipinski definition) is 2. The molecule has 2 heterocycles. The number of hydrogen-bond acceptors (Lipinski definition) is 4. The lowest BCUT2D eigenvalue weighted by molar-refractivity contribution is 0.0690. The third-order valence-corrected chi connectivity index (χ3v) is 4.06. The van der Waals surface area contributed by atoms with Crippen molar-refractivity contribution in [3.8, 4) is 0 Å². The number of pyridine rings is 1. The van der Waals surface area contributed by atoms with E-state index in [9.17, 15) is 9.59 Å². The molecule has 0 bridgehead atoms. The SMILES string of the molecule is CC(C)n1c(CCNC(=O)c2ccnc(C(=O)O)c2)nc2ccccc21. The summed E-state index contributed by atoms with van der Waals surface area (Å²) < 4.78 is 2.16. The lowest BCUT2D eigenvalue weighted by Gasteiger charge is -2.13. The number of aromatic carboxylic acids is 1. The minimum Gasteiger partial charge on any atom is -0.477 e. The van der Waals surface area contributed by atoms with Crippen molar-refractivity contribution in [2.75, 3.05) is 6.54 Å². The number of nitrogens with zero attached hydrogens (tertiary/aromatic N) is 3. The van der Waals surface area contributed by atoms with Gasteiger partial charge in [0.1, 0.15) is 11.5 Å². The van der Waals surface area contributed by atoms with Gasteiger partial charge in [-0.15, -0.1) is 0 Å². The van der Waals surface area contributed by atoms with Gasteiger partial charge in [0.15, 0.2) is 0 Å². The Morgan fingerprint density at radius 1 is 1.23 bits per heavy atom. The van der Waals surface area contributed by atoms with E-state index < -0.39 is 5.97 Å². The zero-order valence-electron chi connectivity index (χ0n) is 14.6. The van der Waals surface area contributed by atoms with Crippen LogP contribution in [0.3, 0.4) is 0 Å². The fourth-order valence-electron chi connectivity index (χ4n) is 2.93. The molecule has 0 fully saturated rings. The molecule has 134 valence electrons. The highest BCUT2D eigenvalue weighted by Gasteiger charge is 2.14. The smallest absolute Gasteiger partial charge is 0.354 e. The second kappa shape index (κ2) is 7.35. The van der Waals surface area contributed by atoms with Crippen LogP contribution in [-0.2, 0) is 6.42 Å². The van der Waals surface area contributed by atoms with Crippen LogP contribution in [0.4, 0.5) is 0 Å². The largest absolute Gasteiger partial charge is 0.477 e. The number of nitrogens with one attached hydrogen (secondary N) is 1. The molecular formula is C19H20N4O3. The van der Waals surface area contributed by atoms with Gasteiger partial charge in [0, 0.05) is 30.8 Å². The van der Waals surface area contributed by atoms with Crippen LogP contribution < -0.4 is 5.32 Å². The van der Waals surface area contributed by atoms with Gasteiger partial charge in [-0.3, -0.25) is 4.79 Å². The maximum Gasteiger partial charge on any atom is 0.354 e. The summed E-state index contributed by atoms with van der Waals surface area (Å²) in [6, 6.07) is 11.0. The Morgan fingerprint density at radius 3 is 2.73 bits per heavy atom. The van der Waals surface area contributed by atoms with Crippen LogP contribution in [0.5, 0.6) is 0 Å². The molecule has 1 amide bonds. The van der Waals surface area contributed by atoms with E-state index in [4.69, 9.17) is 5.11 Å². The van der Waals surface area contributed by atoms with Crippen LogP contribution in [0, 0.1) is 0 Å². The molecule has 1 aromatic carbocycles. The second-order valence-electron chi connectivity index (χ2n) is 6.22. The Balaban J connectivity index is 1.71. The number of rotatable bonds is 6. The van der Waals surface area contributed by atoms with Gasteiger partial charge in [-0.25, -0.2) is 14.8 Å². The summed E-state index contributed by atoms with van der Waals surface area (Å²) in [5, 5.41) is 11.8. The van der Waals surface area contributed by atoms with Crippen molar-refractivity contribution < 1.29 is 14.7 Å². The Kier molecular flexibility index (Phi) is 4.97. The van der Waals surface area contributed by atoms with E-state index in [1.54, 1.807) is 0 Å². The minimum atomic E-state index is -1.16. The Bertz CT molecular complexity index is 962. The highest BCUT2D eigenvalue weighted by Crippen LogP contribution is 2.21. The molecule has 0 spiro atoms. The summed E-state index contributed by atoms with van der Waals surface area (Å²) in [4.78, 5) is 31.6. The van der Waals surface area contributed by atoms with Crippen LogP contribution in [0.25, 0.3) is 11.0 Å². The number of carbonyl (C=O) groups is 2. The minimum absolute atomic E-state index is 0.153. The molecule has 3 rings (SSSR count). The van der Waals surface area contributed by atoms with E-state index in [2.05, 4.69) is 33.7 Å². The molecule has 7 nitrogen and oxygen atoms in total. The van der Waals surface area contributed by atoms with E-state index in [1.807, 2.05) is 24.3 Å². The lowest BCUT2D eigenvalue weighted by atomic mass is 10.2. The number of aromatic nitrogens is 3. The first-order chi connectivity index (χ1) is 12.5. The predicted octanol–water partition coefficient (Wildman–Crippen LogP) is 2.68. The van der Waals surface area contributed by atoms with Crippen LogP contribution in [0.15, 0.2) is 42.6 Å². The van der Waals surface area contributed by atoms with Gasteiger partial charge in [0.25, 0.3) is 5.91 Å². The molecule has 2 N–H and O–H groups in total. The van der Waals surface area contributed by atoms with E-state index in [0.29, 0.717) is 13.0 Å². The highest BCUT2D eigenvalue weighted by atomic mass is 16.4. The summed E-state index contributed by atoms with van der Waals surface area (Å²) in [6.45, 7) is 4.60. The molecule has 0 saturated carbocycles. The third-order valence-electron chi connectivity index (χ3n) is 4.06. The maximum atomic E-state index is 12.2. The number of imidazole rings is 1. The van der Waals surface area contributed by atoms with Crippen molar-refractivity contribution in [3.05, 3.63) is 59.7 Å². The Hall–Kier alpha value is -3.22. The number of carboxylic acids is 1. The van der Waals surface area contributed by atoms with Gasteiger partial charge in [0.2, 0.25) is 0 Å². The Labute approximate surface area is 150 Å². The summed E-state index contributed by atoms with van der Waals surface area (Å²) in [5.41, 5.74) is 2.13. The number of carboxylic acid groups (broad SMARTS) is 1. The maximum absolute atomic E-state index is 12.2. The van der Waals surface area contributed by atoms with E-state index in [0.717, 1.165) is 16.9 Å². The quantitative estimate of drug-likeness (QED) is 0.711. The van der Waals surface area contributed by atoms with Gasteiger partial charge in [-0.1, -0.05) is 12.1 Å². The monoisotopic (exact) mass is 352 g/mol. The molecule has 0 aliphatic heterocycles.